The van der Waals surface area contributed by atoms with Gasteiger partial charge in [0.05, 0.1) is 22.4 Å². The lowest BCUT2D eigenvalue weighted by atomic mass is 9.82. The second-order valence-corrected chi connectivity index (χ2v) is 12.2. The molecule has 3 N–H and O–H groups in total. The van der Waals surface area contributed by atoms with Crippen LogP contribution in [-0.4, -0.2) is 19.3 Å². The van der Waals surface area contributed by atoms with E-state index in [0.29, 0.717) is 29.2 Å². The summed E-state index contributed by atoms with van der Waals surface area (Å²) in [7, 11) is -3.76. The first kappa shape index (κ1) is 25.1. The van der Waals surface area contributed by atoms with Gasteiger partial charge in [-0.3, -0.25) is 0 Å². The summed E-state index contributed by atoms with van der Waals surface area (Å²) >= 11 is 0. The van der Waals surface area contributed by atoms with Crippen LogP contribution in [0.4, 0.5) is 15.8 Å². The third-order valence-electron chi connectivity index (χ3n) is 7.04. The van der Waals surface area contributed by atoms with Crippen LogP contribution in [0.3, 0.4) is 0 Å². The molecule has 2 heterocycles. The van der Waals surface area contributed by atoms with E-state index >= 15 is 4.39 Å². The molecule has 0 bridgehead atoms. The molecule has 2 unspecified atom stereocenters. The summed E-state index contributed by atoms with van der Waals surface area (Å²) in [5, 5.41) is 17.0. The first-order valence-corrected chi connectivity index (χ1v) is 14.1. The van der Waals surface area contributed by atoms with Crippen molar-refractivity contribution in [2.75, 3.05) is 16.4 Å². The Balaban J connectivity index is 1.56. The fourth-order valence-electron chi connectivity index (χ4n) is 5.47. The highest BCUT2D eigenvalue weighted by Crippen LogP contribution is 2.49. The quantitative estimate of drug-likeness (QED) is 0.319. The summed E-state index contributed by atoms with van der Waals surface area (Å²) in [5.41, 5.74) is 2.06. The van der Waals surface area contributed by atoms with E-state index in [9.17, 15) is 13.5 Å². The van der Waals surface area contributed by atoms with Gasteiger partial charge in [-0.1, -0.05) is 56.7 Å². The first-order valence-electron chi connectivity index (χ1n) is 12.5. The van der Waals surface area contributed by atoms with E-state index in [1.165, 1.54) is 12.1 Å². The largest absolute Gasteiger partial charge is 0.506 e. The summed E-state index contributed by atoms with van der Waals surface area (Å²) < 4.78 is 48.9. The maximum absolute atomic E-state index is 15.6. The van der Waals surface area contributed by atoms with Crippen LogP contribution in [0.25, 0.3) is 0 Å². The number of allylic oxidation sites excluding steroid dienone is 1. The zero-order valence-electron chi connectivity index (χ0n) is 20.9. The molecule has 2 aliphatic rings. The van der Waals surface area contributed by atoms with Crippen LogP contribution in [0.1, 0.15) is 50.3 Å². The number of anilines is 2. The number of benzene rings is 3. The molecule has 8 heteroatoms. The van der Waals surface area contributed by atoms with Crippen molar-refractivity contribution in [3.63, 3.8) is 0 Å². The van der Waals surface area contributed by atoms with Crippen molar-refractivity contribution in [3.05, 3.63) is 94.3 Å². The third kappa shape index (κ3) is 5.03. The van der Waals surface area contributed by atoms with Gasteiger partial charge < -0.3 is 20.5 Å². The molecule has 6 nitrogen and oxygen atoms in total. The molecule has 0 radical (unpaired) electrons. The number of halogens is 1. The van der Waals surface area contributed by atoms with Crippen molar-refractivity contribution in [1.29, 1.82) is 0 Å². The monoisotopic (exact) mass is 522 g/mol. The maximum Gasteiger partial charge on any atom is 0.179 e. The van der Waals surface area contributed by atoms with E-state index in [0.717, 1.165) is 18.4 Å². The Labute approximate surface area is 217 Å². The predicted molar refractivity (Wildman–Crippen MR) is 144 cm³/mol. The number of para-hydroxylation sites is 1. The summed E-state index contributed by atoms with van der Waals surface area (Å²) in [6, 6.07) is 18.1. The van der Waals surface area contributed by atoms with Gasteiger partial charge in [0.1, 0.15) is 29.6 Å². The van der Waals surface area contributed by atoms with Crippen LogP contribution in [0.15, 0.2) is 77.3 Å². The topological polar surface area (TPSA) is 87.7 Å². The van der Waals surface area contributed by atoms with Crippen LogP contribution in [0.2, 0.25) is 0 Å². The average Bonchev–Trinajstić information content (AvgIpc) is 3.01. The van der Waals surface area contributed by atoms with Crippen molar-refractivity contribution in [2.45, 2.75) is 45.8 Å². The second kappa shape index (κ2) is 9.74. The number of rotatable bonds is 6. The van der Waals surface area contributed by atoms with Crippen molar-refractivity contribution < 1.29 is 22.7 Å². The summed E-state index contributed by atoms with van der Waals surface area (Å²) in [6.07, 6.45) is 2.05. The predicted octanol–water partition coefficient (Wildman–Crippen LogP) is 6.53. The fourth-order valence-corrected chi connectivity index (χ4v) is 7.83. The highest BCUT2D eigenvalue weighted by atomic mass is 32.2. The van der Waals surface area contributed by atoms with Gasteiger partial charge >= 0.3 is 0 Å². The molecule has 0 fully saturated rings. The molecular formula is C29H31FN2O4S. The van der Waals surface area contributed by atoms with Gasteiger partial charge in [0.2, 0.25) is 0 Å². The number of phenols is 1. The van der Waals surface area contributed by atoms with E-state index in [1.807, 2.05) is 44.2 Å². The Morgan fingerprint density at radius 1 is 1.11 bits per heavy atom. The van der Waals surface area contributed by atoms with E-state index < -0.39 is 27.1 Å². The fraction of sp³-hybridized carbons (Fsp3) is 0.310. The molecule has 0 saturated carbocycles. The smallest absolute Gasteiger partial charge is 0.179 e. The van der Waals surface area contributed by atoms with Gasteiger partial charge in [-0.25, -0.2) is 12.8 Å². The Kier molecular flexibility index (Phi) is 6.62. The number of fused-ring (bicyclic) bond motifs is 1. The molecule has 0 spiro atoms. The average molecular weight is 523 g/mol. The van der Waals surface area contributed by atoms with Crippen LogP contribution in [0.5, 0.6) is 11.5 Å². The van der Waals surface area contributed by atoms with Crippen molar-refractivity contribution >= 4 is 21.2 Å². The number of nitrogens with one attached hydrogen (secondary N) is 2. The molecule has 5 rings (SSSR count). The van der Waals surface area contributed by atoms with E-state index in [2.05, 4.69) is 10.6 Å². The van der Waals surface area contributed by atoms with E-state index in [1.54, 1.807) is 24.3 Å². The molecule has 0 amide bonds. The summed E-state index contributed by atoms with van der Waals surface area (Å²) in [6.45, 7) is 4.29. The second-order valence-electron chi connectivity index (χ2n) is 10.2. The molecule has 2 atom stereocenters. The minimum atomic E-state index is -3.76. The Morgan fingerprint density at radius 2 is 1.89 bits per heavy atom. The summed E-state index contributed by atoms with van der Waals surface area (Å²) in [5.74, 6) is -0.251. The molecule has 0 aromatic heterocycles. The maximum atomic E-state index is 15.6. The Hall–Kier alpha value is -3.52. The molecule has 194 valence electrons. The SMILES string of the molecule is CCCC1(C)CC2=C(C(c3ccc(OCc4ccccc4)cc3F)Nc3cccc(O)c3N2)S(=O)(=O)C1. The van der Waals surface area contributed by atoms with Crippen molar-refractivity contribution in [3.8, 4) is 11.5 Å². The van der Waals surface area contributed by atoms with Gasteiger partial charge in [0, 0.05) is 17.3 Å². The molecule has 3 aromatic rings. The molecule has 2 aliphatic heterocycles. The zero-order chi connectivity index (χ0) is 26.2. The zero-order valence-corrected chi connectivity index (χ0v) is 21.7. The van der Waals surface area contributed by atoms with E-state index in [4.69, 9.17) is 4.74 Å². The number of aromatic hydroxyl groups is 1. The van der Waals surface area contributed by atoms with Gasteiger partial charge in [-0.2, -0.15) is 0 Å². The van der Waals surface area contributed by atoms with Gasteiger partial charge in [-0.05, 0) is 48.1 Å². The van der Waals surface area contributed by atoms with Crippen LogP contribution < -0.4 is 15.4 Å². The number of ether oxygens (including phenoxy) is 1. The molecular weight excluding hydrogens is 491 g/mol. The number of hydrogen-bond acceptors (Lipinski definition) is 6. The lowest BCUT2D eigenvalue weighted by molar-refractivity contribution is 0.304. The van der Waals surface area contributed by atoms with Crippen molar-refractivity contribution in [1.82, 2.24) is 0 Å². The van der Waals surface area contributed by atoms with E-state index in [-0.39, 0.29) is 28.6 Å². The Bertz CT molecular complexity index is 1460. The van der Waals surface area contributed by atoms with Crippen molar-refractivity contribution in [2.24, 2.45) is 5.41 Å². The highest BCUT2D eigenvalue weighted by molar-refractivity contribution is 7.95. The number of sulfone groups is 1. The standard InChI is InChI=1S/C29H31FN2O4S/c1-3-14-29(2)16-24-28(37(34,35)18-29)26(31-23-10-7-11-25(33)27(23)32-24)21-13-12-20(15-22(21)30)36-17-19-8-5-4-6-9-19/h4-13,15,26,31-33H,3,14,16-18H2,1-2H3. The highest BCUT2D eigenvalue weighted by Gasteiger charge is 2.45. The number of phenolic OH excluding ortho intramolecular Hbond substituents is 1. The molecule has 0 aliphatic carbocycles. The first-order chi connectivity index (χ1) is 17.7. The summed E-state index contributed by atoms with van der Waals surface area (Å²) in [4.78, 5) is 0.119. The van der Waals surface area contributed by atoms with Crippen LogP contribution in [-0.2, 0) is 16.4 Å². The lowest BCUT2D eigenvalue weighted by Crippen LogP contribution is -2.37. The molecule has 3 aromatic carbocycles. The van der Waals surface area contributed by atoms with Gasteiger partial charge in [-0.15, -0.1) is 0 Å². The minimum Gasteiger partial charge on any atom is -0.506 e. The van der Waals surface area contributed by atoms with Crippen LogP contribution >= 0.6 is 0 Å². The lowest BCUT2D eigenvalue weighted by Gasteiger charge is -2.37. The number of hydrogen-bond donors (Lipinski definition) is 3. The van der Waals surface area contributed by atoms with Gasteiger partial charge in [0.15, 0.2) is 9.84 Å². The minimum absolute atomic E-state index is 0.0113. The van der Waals surface area contributed by atoms with Gasteiger partial charge in [0.25, 0.3) is 0 Å². The molecule has 0 saturated heterocycles. The van der Waals surface area contributed by atoms with Crippen LogP contribution in [0, 0.1) is 11.2 Å². The third-order valence-corrected chi connectivity index (χ3v) is 9.27. The Morgan fingerprint density at radius 3 is 2.62 bits per heavy atom. The normalized spacial score (nSPS) is 22.2. The molecule has 37 heavy (non-hydrogen) atoms.